The summed E-state index contributed by atoms with van der Waals surface area (Å²) >= 11 is 1.54. The van der Waals surface area contributed by atoms with E-state index in [1.165, 1.54) is 24.4 Å². The van der Waals surface area contributed by atoms with Gasteiger partial charge in [-0.1, -0.05) is 29.5 Å². The number of nitrogens with zero attached hydrogens (tertiary/aromatic N) is 2. The number of aromatic nitrogens is 2. The molecule has 2 aromatic rings. The average Bonchev–Trinajstić information content (AvgIpc) is 2.90. The highest BCUT2D eigenvalue weighted by Gasteiger charge is 2.36. The van der Waals surface area contributed by atoms with Crippen LogP contribution >= 0.6 is 11.8 Å². The second-order valence-corrected chi connectivity index (χ2v) is 6.87. The number of carbonyl (C=O) groups is 1. The second kappa shape index (κ2) is 6.12. The second-order valence-electron chi connectivity index (χ2n) is 5.62. The van der Waals surface area contributed by atoms with Crippen LogP contribution in [-0.2, 0) is 9.53 Å². The van der Waals surface area contributed by atoms with Gasteiger partial charge in [0.2, 0.25) is 5.89 Å². The first-order valence-electron chi connectivity index (χ1n) is 7.22. The van der Waals surface area contributed by atoms with Gasteiger partial charge in [0.15, 0.2) is 0 Å². The third kappa shape index (κ3) is 3.02. The Morgan fingerprint density at radius 1 is 1.32 bits per heavy atom. The molecule has 1 heterocycles. The van der Waals surface area contributed by atoms with Gasteiger partial charge < -0.3 is 9.15 Å². The fraction of sp³-hybridized carbons (Fsp3) is 0.438. The zero-order chi connectivity index (χ0) is 15.7. The monoisotopic (exact) mass is 318 g/mol. The Morgan fingerprint density at radius 2 is 2.09 bits per heavy atom. The van der Waals surface area contributed by atoms with Crippen LogP contribution in [-0.4, -0.2) is 28.5 Å². The third-order valence-electron chi connectivity index (χ3n) is 3.92. The molecule has 0 amide bonds. The van der Waals surface area contributed by atoms with Crippen LogP contribution in [0.15, 0.2) is 27.8 Å². The molecule has 0 N–H and O–H groups in total. The predicted octanol–water partition coefficient (Wildman–Crippen LogP) is 3.40. The Labute approximate surface area is 133 Å². The summed E-state index contributed by atoms with van der Waals surface area (Å²) in [7, 11) is 1.43. The summed E-state index contributed by atoms with van der Waals surface area (Å²) in [5, 5.41) is 9.13. The van der Waals surface area contributed by atoms with Crippen molar-refractivity contribution in [1.82, 2.24) is 10.2 Å². The van der Waals surface area contributed by atoms with Gasteiger partial charge in [-0.3, -0.25) is 4.79 Å². The van der Waals surface area contributed by atoms with Crippen LogP contribution in [0, 0.1) is 19.8 Å². The van der Waals surface area contributed by atoms with Crippen molar-refractivity contribution in [3.63, 3.8) is 0 Å². The van der Waals surface area contributed by atoms with Crippen molar-refractivity contribution in [3.8, 4) is 11.5 Å². The largest absolute Gasteiger partial charge is 0.469 e. The molecule has 0 bridgehead atoms. The average molecular weight is 318 g/mol. The number of benzene rings is 1. The van der Waals surface area contributed by atoms with Crippen molar-refractivity contribution in [2.45, 2.75) is 37.2 Å². The summed E-state index contributed by atoms with van der Waals surface area (Å²) in [4.78, 5) is 11.4. The van der Waals surface area contributed by atoms with Crippen LogP contribution in [0.25, 0.3) is 11.5 Å². The van der Waals surface area contributed by atoms with Crippen molar-refractivity contribution in [3.05, 3.63) is 29.3 Å². The fourth-order valence-electron chi connectivity index (χ4n) is 2.58. The normalized spacial score (nSPS) is 20.5. The zero-order valence-electron chi connectivity index (χ0n) is 12.8. The molecular weight excluding hydrogens is 300 g/mol. The molecule has 0 spiro atoms. The van der Waals surface area contributed by atoms with Crippen LogP contribution in [0.5, 0.6) is 0 Å². The topological polar surface area (TPSA) is 65.2 Å². The van der Waals surface area contributed by atoms with E-state index < -0.39 is 0 Å². The number of rotatable bonds is 4. The molecule has 3 rings (SSSR count). The van der Waals surface area contributed by atoms with Gasteiger partial charge in [0.05, 0.1) is 13.0 Å². The minimum absolute atomic E-state index is 0.0178. The number of aryl methyl sites for hydroxylation is 2. The molecule has 1 aliphatic carbocycles. The van der Waals surface area contributed by atoms with Gasteiger partial charge in [0, 0.05) is 10.8 Å². The van der Waals surface area contributed by atoms with Crippen LogP contribution < -0.4 is 0 Å². The lowest BCUT2D eigenvalue weighted by molar-refractivity contribution is -0.148. The fourth-order valence-corrected chi connectivity index (χ4v) is 3.74. The number of ether oxygens (including phenoxy) is 1. The minimum atomic E-state index is -0.127. The van der Waals surface area contributed by atoms with E-state index in [0.717, 1.165) is 24.0 Å². The molecule has 0 radical (unpaired) electrons. The number of hydrogen-bond acceptors (Lipinski definition) is 6. The van der Waals surface area contributed by atoms with Gasteiger partial charge in [0.1, 0.15) is 0 Å². The summed E-state index contributed by atoms with van der Waals surface area (Å²) in [5.74, 6) is 0.437. The van der Waals surface area contributed by atoms with Crippen molar-refractivity contribution in [2.75, 3.05) is 7.11 Å². The molecule has 1 fully saturated rings. The van der Waals surface area contributed by atoms with Gasteiger partial charge in [-0.2, -0.15) is 0 Å². The molecule has 1 aromatic heterocycles. The Kier molecular flexibility index (Phi) is 4.20. The van der Waals surface area contributed by atoms with Crippen molar-refractivity contribution in [1.29, 1.82) is 0 Å². The van der Waals surface area contributed by atoms with Crippen LogP contribution in [0.2, 0.25) is 0 Å². The minimum Gasteiger partial charge on any atom is -0.469 e. The number of esters is 1. The quantitative estimate of drug-likeness (QED) is 0.805. The third-order valence-corrected chi connectivity index (χ3v) is 5.00. The van der Waals surface area contributed by atoms with E-state index in [9.17, 15) is 4.79 Å². The summed E-state index contributed by atoms with van der Waals surface area (Å²) in [5.41, 5.74) is 3.29. The van der Waals surface area contributed by atoms with Crippen LogP contribution in [0.3, 0.4) is 0 Å². The van der Waals surface area contributed by atoms with E-state index in [0.29, 0.717) is 16.4 Å². The van der Waals surface area contributed by atoms with Crippen molar-refractivity contribution < 1.29 is 13.9 Å². The standard InChI is InChI=1S/C16H18N2O3S/c1-9-4-5-13(10(2)6-9)14-17-18-16(21-14)22-12-7-11(8-12)15(19)20-3/h4-6,11-12H,7-8H2,1-3H3. The van der Waals surface area contributed by atoms with E-state index in [-0.39, 0.29) is 11.9 Å². The first-order chi connectivity index (χ1) is 10.6. The lowest BCUT2D eigenvalue weighted by Gasteiger charge is -2.31. The molecule has 0 unspecified atom stereocenters. The Bertz CT molecular complexity index is 692. The molecule has 5 nitrogen and oxygen atoms in total. The molecule has 1 saturated carbocycles. The highest BCUT2D eigenvalue weighted by molar-refractivity contribution is 7.99. The highest BCUT2D eigenvalue weighted by atomic mass is 32.2. The number of hydrogen-bond donors (Lipinski definition) is 0. The predicted molar refractivity (Wildman–Crippen MR) is 83.6 cm³/mol. The number of methoxy groups -OCH3 is 1. The van der Waals surface area contributed by atoms with Gasteiger partial charge in [-0.15, -0.1) is 10.2 Å². The Hall–Kier alpha value is -1.82. The molecule has 1 aromatic carbocycles. The van der Waals surface area contributed by atoms with Gasteiger partial charge in [-0.05, 0) is 38.3 Å². The van der Waals surface area contributed by atoms with Crippen LogP contribution in [0.4, 0.5) is 0 Å². The Balaban J connectivity index is 1.64. The molecule has 0 saturated heterocycles. The molecule has 0 aliphatic heterocycles. The molecule has 1 aliphatic rings. The van der Waals surface area contributed by atoms with Crippen molar-refractivity contribution >= 4 is 17.7 Å². The van der Waals surface area contributed by atoms with E-state index in [1.54, 1.807) is 0 Å². The summed E-state index contributed by atoms with van der Waals surface area (Å²) in [6, 6.07) is 6.13. The maximum Gasteiger partial charge on any atom is 0.308 e. The van der Waals surface area contributed by atoms with Gasteiger partial charge in [-0.25, -0.2) is 0 Å². The van der Waals surface area contributed by atoms with E-state index >= 15 is 0 Å². The Morgan fingerprint density at radius 3 is 2.77 bits per heavy atom. The van der Waals surface area contributed by atoms with Crippen molar-refractivity contribution in [2.24, 2.45) is 5.92 Å². The molecule has 0 atom stereocenters. The van der Waals surface area contributed by atoms with Crippen LogP contribution in [0.1, 0.15) is 24.0 Å². The first kappa shape index (κ1) is 15.1. The smallest absolute Gasteiger partial charge is 0.308 e. The maximum atomic E-state index is 11.4. The number of carbonyl (C=O) groups excluding carboxylic acids is 1. The molecule has 116 valence electrons. The summed E-state index contributed by atoms with van der Waals surface area (Å²) < 4.78 is 10.5. The zero-order valence-corrected chi connectivity index (χ0v) is 13.6. The summed E-state index contributed by atoms with van der Waals surface area (Å²) in [6.07, 6.45) is 1.61. The van der Waals surface area contributed by atoms with Gasteiger partial charge >= 0.3 is 5.97 Å². The SMILES string of the molecule is COC(=O)C1CC(Sc2nnc(-c3ccc(C)cc3C)o2)C1. The molecular formula is C16H18N2O3S. The van der Waals surface area contributed by atoms with E-state index in [4.69, 9.17) is 9.15 Å². The lowest BCUT2D eigenvalue weighted by Crippen LogP contribution is -2.33. The maximum absolute atomic E-state index is 11.4. The van der Waals surface area contributed by atoms with Gasteiger partial charge in [0.25, 0.3) is 5.22 Å². The molecule has 6 heteroatoms. The lowest BCUT2D eigenvalue weighted by atomic mass is 9.85. The summed E-state index contributed by atoms with van der Waals surface area (Å²) in [6.45, 7) is 4.09. The first-order valence-corrected chi connectivity index (χ1v) is 8.10. The molecule has 22 heavy (non-hydrogen) atoms. The highest BCUT2D eigenvalue weighted by Crippen LogP contribution is 2.41. The van der Waals surface area contributed by atoms with E-state index in [1.807, 2.05) is 19.1 Å². The number of thioether (sulfide) groups is 1. The van der Waals surface area contributed by atoms with E-state index in [2.05, 4.69) is 23.2 Å².